The first-order valence-electron chi connectivity index (χ1n) is 10.4. The van der Waals surface area contributed by atoms with Gasteiger partial charge in [-0.05, 0) is 42.2 Å². The minimum absolute atomic E-state index is 0.0840. The van der Waals surface area contributed by atoms with Crippen LogP contribution in [0.4, 0.5) is 13.2 Å². The number of halogens is 5. The third-order valence-corrected chi connectivity index (χ3v) is 7.29. The van der Waals surface area contributed by atoms with E-state index in [-0.39, 0.29) is 27.4 Å². The Bertz CT molecular complexity index is 1060. The number of benzene rings is 1. The maximum atomic E-state index is 14.2. The van der Waals surface area contributed by atoms with Crippen LogP contribution in [0.25, 0.3) is 0 Å². The number of hydrogen-bond acceptors (Lipinski definition) is 5. The third kappa shape index (κ3) is 4.81. The predicted molar refractivity (Wildman–Crippen MR) is 123 cm³/mol. The minimum atomic E-state index is -4.74. The van der Waals surface area contributed by atoms with Gasteiger partial charge in [0.2, 0.25) is 0 Å². The lowest BCUT2D eigenvalue weighted by Gasteiger charge is -2.30. The SMILES string of the molecule is CC(C)CCNC(=O)c1cc2c(s1)CN(C1=NOC(c3cc(Cl)cc(Cl)c3)(C(F)(F)F)C1)C2. The second-order valence-electron chi connectivity index (χ2n) is 8.61. The van der Waals surface area contributed by atoms with Crippen LogP contribution in [0.5, 0.6) is 0 Å². The fourth-order valence-corrected chi connectivity index (χ4v) is 5.50. The molecule has 0 saturated heterocycles. The predicted octanol–water partition coefficient (Wildman–Crippen LogP) is 6.34. The van der Waals surface area contributed by atoms with E-state index in [4.69, 9.17) is 28.0 Å². The third-order valence-electron chi connectivity index (χ3n) is 5.69. The lowest BCUT2D eigenvalue weighted by Crippen LogP contribution is -2.43. The zero-order valence-electron chi connectivity index (χ0n) is 17.9. The van der Waals surface area contributed by atoms with E-state index in [0.29, 0.717) is 30.4 Å². The first kappa shape index (κ1) is 24.2. The van der Waals surface area contributed by atoms with E-state index in [2.05, 4.69) is 24.3 Å². The molecule has 1 N–H and O–H groups in total. The van der Waals surface area contributed by atoms with Crippen molar-refractivity contribution in [2.24, 2.45) is 11.1 Å². The number of rotatable bonds is 5. The van der Waals surface area contributed by atoms with E-state index in [1.165, 1.54) is 29.5 Å². The lowest BCUT2D eigenvalue weighted by atomic mass is 9.89. The highest BCUT2D eigenvalue weighted by Gasteiger charge is 2.63. The Labute approximate surface area is 203 Å². The summed E-state index contributed by atoms with van der Waals surface area (Å²) < 4.78 is 42.5. The number of fused-ring (bicyclic) bond motifs is 1. The Morgan fingerprint density at radius 3 is 2.55 bits per heavy atom. The number of nitrogens with one attached hydrogen (secondary N) is 1. The largest absolute Gasteiger partial charge is 0.435 e. The van der Waals surface area contributed by atoms with Gasteiger partial charge in [-0.15, -0.1) is 11.3 Å². The summed E-state index contributed by atoms with van der Waals surface area (Å²) in [5.74, 6) is 0.556. The maximum Gasteiger partial charge on any atom is 0.435 e. The Morgan fingerprint density at radius 1 is 1.24 bits per heavy atom. The molecule has 11 heteroatoms. The second-order valence-corrected chi connectivity index (χ2v) is 10.6. The van der Waals surface area contributed by atoms with Gasteiger partial charge in [-0.3, -0.25) is 4.79 Å². The molecular formula is C22H22Cl2F3N3O2S. The van der Waals surface area contributed by atoms with Gasteiger partial charge in [0, 0.05) is 33.6 Å². The van der Waals surface area contributed by atoms with Crippen LogP contribution in [-0.2, 0) is 23.5 Å². The molecule has 0 bridgehead atoms. The molecule has 1 unspecified atom stereocenters. The molecule has 3 heterocycles. The monoisotopic (exact) mass is 519 g/mol. The molecule has 2 aliphatic rings. The summed E-state index contributed by atoms with van der Waals surface area (Å²) in [4.78, 5) is 20.7. The summed E-state index contributed by atoms with van der Waals surface area (Å²) in [5, 5.41) is 6.89. The standard InChI is InChI=1S/C22H22Cl2F3N3O2S/c1-12(2)3-4-28-20(31)17-5-13-10-30(11-18(13)33-17)19-9-21(32-29-19,22(25,26)27)14-6-15(23)8-16(24)7-14/h5-8,12H,3-4,9-11H2,1-2H3,(H,28,31). The van der Waals surface area contributed by atoms with Crippen LogP contribution in [0.2, 0.25) is 10.0 Å². The number of carbonyl (C=O) groups excluding carboxylic acids is 1. The van der Waals surface area contributed by atoms with Gasteiger partial charge in [0.1, 0.15) is 5.84 Å². The molecule has 0 spiro atoms. The fourth-order valence-electron chi connectivity index (χ4n) is 3.87. The van der Waals surface area contributed by atoms with Crippen molar-refractivity contribution >= 4 is 46.3 Å². The van der Waals surface area contributed by atoms with E-state index in [0.717, 1.165) is 16.9 Å². The van der Waals surface area contributed by atoms with Gasteiger partial charge >= 0.3 is 6.18 Å². The van der Waals surface area contributed by atoms with E-state index < -0.39 is 18.2 Å². The Hall–Kier alpha value is -1.97. The maximum absolute atomic E-state index is 14.2. The highest BCUT2D eigenvalue weighted by molar-refractivity contribution is 7.14. The number of amides is 1. The quantitative estimate of drug-likeness (QED) is 0.501. The summed E-state index contributed by atoms with van der Waals surface area (Å²) in [7, 11) is 0. The second kappa shape index (κ2) is 9.00. The molecule has 0 aliphatic carbocycles. The van der Waals surface area contributed by atoms with E-state index >= 15 is 0 Å². The summed E-state index contributed by atoms with van der Waals surface area (Å²) in [6.07, 6.45) is -4.34. The summed E-state index contributed by atoms with van der Waals surface area (Å²) in [5.41, 5.74) is -1.94. The van der Waals surface area contributed by atoms with Crippen molar-refractivity contribution in [3.63, 3.8) is 0 Å². The first-order valence-corrected chi connectivity index (χ1v) is 12.0. The molecular weight excluding hydrogens is 498 g/mol. The normalized spacial score (nSPS) is 20.1. The smallest absolute Gasteiger partial charge is 0.372 e. The fraction of sp³-hybridized carbons (Fsp3) is 0.455. The van der Waals surface area contributed by atoms with Gasteiger partial charge in [-0.25, -0.2) is 0 Å². The molecule has 0 fully saturated rings. The molecule has 0 saturated carbocycles. The van der Waals surface area contributed by atoms with Gasteiger partial charge in [-0.2, -0.15) is 13.2 Å². The van der Waals surface area contributed by atoms with Crippen molar-refractivity contribution in [3.8, 4) is 0 Å². The van der Waals surface area contributed by atoms with Gasteiger partial charge < -0.3 is 15.1 Å². The molecule has 4 rings (SSSR count). The molecule has 5 nitrogen and oxygen atoms in total. The molecule has 1 aromatic carbocycles. The van der Waals surface area contributed by atoms with E-state index in [1.807, 2.05) is 0 Å². The topological polar surface area (TPSA) is 53.9 Å². The summed E-state index contributed by atoms with van der Waals surface area (Å²) in [6.45, 7) is 5.50. The van der Waals surface area contributed by atoms with E-state index in [1.54, 1.807) is 11.0 Å². The van der Waals surface area contributed by atoms with Crippen LogP contribution in [-0.4, -0.2) is 29.4 Å². The lowest BCUT2D eigenvalue weighted by molar-refractivity contribution is -0.275. The highest BCUT2D eigenvalue weighted by atomic mass is 35.5. The molecule has 2 aromatic rings. The Kier molecular flexibility index (Phi) is 6.59. The summed E-state index contributed by atoms with van der Waals surface area (Å²) >= 11 is 13.3. The van der Waals surface area contributed by atoms with Crippen molar-refractivity contribution < 1.29 is 22.8 Å². The van der Waals surface area contributed by atoms with Crippen LogP contribution in [0.15, 0.2) is 29.4 Å². The number of alkyl halides is 3. The number of amidine groups is 1. The van der Waals surface area contributed by atoms with Gasteiger partial charge in [0.05, 0.1) is 17.8 Å². The van der Waals surface area contributed by atoms with Crippen molar-refractivity contribution in [1.29, 1.82) is 0 Å². The molecule has 1 aromatic heterocycles. The molecule has 0 radical (unpaired) electrons. The van der Waals surface area contributed by atoms with E-state index in [9.17, 15) is 18.0 Å². The zero-order chi connectivity index (χ0) is 24.0. The molecule has 2 aliphatic heterocycles. The molecule has 178 valence electrons. The van der Waals surface area contributed by atoms with Crippen LogP contribution in [0, 0.1) is 5.92 Å². The Morgan fingerprint density at radius 2 is 1.94 bits per heavy atom. The number of nitrogens with zero attached hydrogens (tertiary/aromatic N) is 2. The van der Waals surface area contributed by atoms with Crippen molar-refractivity contribution in [1.82, 2.24) is 10.2 Å². The zero-order valence-corrected chi connectivity index (χ0v) is 20.3. The first-order chi connectivity index (χ1) is 15.5. The van der Waals surface area contributed by atoms with Gasteiger partial charge in [-0.1, -0.05) is 42.2 Å². The van der Waals surface area contributed by atoms with Crippen LogP contribution >= 0.6 is 34.5 Å². The number of oxime groups is 1. The number of hydrogen-bond donors (Lipinski definition) is 1. The van der Waals surface area contributed by atoms with Crippen LogP contribution in [0.1, 0.15) is 52.4 Å². The number of thiophene rings is 1. The van der Waals surface area contributed by atoms with Gasteiger partial charge in [0.25, 0.3) is 11.5 Å². The van der Waals surface area contributed by atoms with Crippen molar-refractivity contribution in [3.05, 3.63) is 55.2 Å². The molecule has 1 amide bonds. The highest BCUT2D eigenvalue weighted by Crippen LogP contribution is 2.50. The molecule has 1 atom stereocenters. The average molecular weight is 520 g/mol. The van der Waals surface area contributed by atoms with Gasteiger partial charge in [0.15, 0.2) is 0 Å². The minimum Gasteiger partial charge on any atom is -0.372 e. The molecule has 33 heavy (non-hydrogen) atoms. The van der Waals surface area contributed by atoms with Crippen LogP contribution in [0.3, 0.4) is 0 Å². The van der Waals surface area contributed by atoms with Crippen LogP contribution < -0.4 is 5.32 Å². The summed E-state index contributed by atoms with van der Waals surface area (Å²) in [6, 6.07) is 5.56. The Balaban J connectivity index is 1.47. The number of carbonyl (C=O) groups is 1. The van der Waals surface area contributed by atoms with Crippen molar-refractivity contribution in [2.75, 3.05) is 6.54 Å². The van der Waals surface area contributed by atoms with Crippen molar-refractivity contribution in [2.45, 2.75) is 51.6 Å². The average Bonchev–Trinajstić information content (AvgIpc) is 3.39.